The summed E-state index contributed by atoms with van der Waals surface area (Å²) in [6.45, 7) is 1.89. The van der Waals surface area contributed by atoms with Crippen LogP contribution in [0.5, 0.6) is 17.2 Å². The smallest absolute Gasteiger partial charge is 0.197 e. The van der Waals surface area contributed by atoms with Crippen molar-refractivity contribution in [3.63, 3.8) is 0 Å². The number of hydrogen-bond acceptors (Lipinski definition) is 6. The Morgan fingerprint density at radius 1 is 1.04 bits per heavy atom. The number of aryl methyl sites for hydroxylation is 1. The number of carbonyl (C=O) groups excluding carboxylic acids is 1. The van der Waals surface area contributed by atoms with Crippen LogP contribution >= 0.6 is 0 Å². The van der Waals surface area contributed by atoms with Crippen molar-refractivity contribution in [2.45, 2.75) is 32.0 Å². The molecular weight excluding hydrogens is 348 g/mol. The van der Waals surface area contributed by atoms with Crippen LogP contribution in [0.2, 0.25) is 0 Å². The highest BCUT2D eigenvalue weighted by molar-refractivity contribution is 5.96. The molecule has 2 aromatic carbocycles. The number of ether oxygens (including phenoxy) is 3. The van der Waals surface area contributed by atoms with Crippen LogP contribution in [0.3, 0.4) is 0 Å². The summed E-state index contributed by atoms with van der Waals surface area (Å²) in [7, 11) is 4.55. The summed E-state index contributed by atoms with van der Waals surface area (Å²) in [5.74, 6) is -0.511. The summed E-state index contributed by atoms with van der Waals surface area (Å²) in [4.78, 5) is 12.4. The topological polar surface area (TPSA) is 85.2 Å². The van der Waals surface area contributed by atoms with Crippen molar-refractivity contribution >= 4 is 5.78 Å². The maximum atomic E-state index is 12.4. The Kier molecular flexibility index (Phi) is 6.82. The van der Waals surface area contributed by atoms with E-state index in [1.807, 2.05) is 6.92 Å². The van der Waals surface area contributed by atoms with Gasteiger partial charge in [0.15, 0.2) is 11.6 Å². The normalized spacial score (nSPS) is 11.4. The first-order valence-corrected chi connectivity index (χ1v) is 8.73. The molecule has 0 heterocycles. The van der Waals surface area contributed by atoms with E-state index in [2.05, 4.69) is 0 Å². The van der Waals surface area contributed by atoms with Gasteiger partial charge in [0.1, 0.15) is 17.2 Å². The average Bonchev–Trinajstić information content (AvgIpc) is 2.69. The van der Waals surface area contributed by atoms with E-state index in [9.17, 15) is 15.0 Å². The fourth-order valence-corrected chi connectivity index (χ4v) is 3.13. The van der Waals surface area contributed by atoms with Crippen molar-refractivity contribution in [1.82, 2.24) is 0 Å². The number of hydrogen-bond donors (Lipinski definition) is 2. The number of Topliss-reactive ketones (excluding diaryl/α,β-unsaturated/α-hetero) is 1. The third kappa shape index (κ3) is 4.40. The van der Waals surface area contributed by atoms with Gasteiger partial charge in [-0.05, 0) is 42.3 Å². The van der Waals surface area contributed by atoms with E-state index in [0.29, 0.717) is 29.7 Å². The molecule has 0 aliphatic carbocycles. The van der Waals surface area contributed by atoms with E-state index >= 15 is 0 Å². The third-order valence-electron chi connectivity index (χ3n) is 4.74. The molecule has 0 unspecified atom stereocenters. The van der Waals surface area contributed by atoms with Crippen LogP contribution in [0.1, 0.15) is 41.3 Å². The van der Waals surface area contributed by atoms with E-state index in [-0.39, 0.29) is 23.7 Å². The number of aromatic hydroxyl groups is 2. The number of ketones is 1. The zero-order chi connectivity index (χ0) is 20.0. The molecule has 2 aromatic rings. The van der Waals surface area contributed by atoms with Gasteiger partial charge in [-0.1, -0.05) is 6.92 Å². The number of phenolic OH excluding ortho intramolecular Hbond substituents is 2. The van der Waals surface area contributed by atoms with Crippen LogP contribution in [-0.4, -0.2) is 37.3 Å². The van der Waals surface area contributed by atoms with Crippen LogP contribution in [-0.2, 0) is 21.7 Å². The average molecular weight is 374 g/mol. The Morgan fingerprint density at radius 3 is 2.19 bits per heavy atom. The number of rotatable bonds is 9. The van der Waals surface area contributed by atoms with E-state index in [0.717, 1.165) is 5.56 Å². The molecule has 0 aliphatic heterocycles. The van der Waals surface area contributed by atoms with Crippen molar-refractivity contribution in [2.24, 2.45) is 0 Å². The van der Waals surface area contributed by atoms with E-state index < -0.39 is 5.79 Å². The van der Waals surface area contributed by atoms with Crippen molar-refractivity contribution < 1.29 is 29.2 Å². The number of benzene rings is 2. The molecule has 0 aliphatic rings. The van der Waals surface area contributed by atoms with E-state index in [1.54, 1.807) is 18.2 Å². The molecule has 146 valence electrons. The van der Waals surface area contributed by atoms with Gasteiger partial charge in [0.05, 0.1) is 12.7 Å². The predicted octanol–water partition coefficient (Wildman–Crippen LogP) is 3.78. The van der Waals surface area contributed by atoms with Crippen LogP contribution < -0.4 is 4.74 Å². The maximum Gasteiger partial charge on any atom is 0.197 e. The minimum atomic E-state index is -1.08. The highest BCUT2D eigenvalue weighted by Gasteiger charge is 2.33. The zero-order valence-electron chi connectivity index (χ0n) is 16.1. The molecule has 0 spiro atoms. The Balaban J connectivity index is 2.31. The molecule has 0 amide bonds. The minimum absolute atomic E-state index is 0.00557. The molecule has 0 aromatic heterocycles. The Bertz CT molecular complexity index is 770. The largest absolute Gasteiger partial charge is 0.508 e. The monoisotopic (exact) mass is 374 g/mol. The molecule has 2 N–H and O–H groups in total. The minimum Gasteiger partial charge on any atom is -0.508 e. The SMILES string of the molecule is CCC(OC)(OC)c1cc(CCC(=O)c2ccc(O)cc2)c(OC)cc1O. The summed E-state index contributed by atoms with van der Waals surface area (Å²) < 4.78 is 16.4. The van der Waals surface area contributed by atoms with Gasteiger partial charge in [0.25, 0.3) is 0 Å². The van der Waals surface area contributed by atoms with Gasteiger partial charge in [-0.15, -0.1) is 0 Å². The first-order valence-electron chi connectivity index (χ1n) is 8.73. The third-order valence-corrected chi connectivity index (χ3v) is 4.74. The predicted molar refractivity (Wildman–Crippen MR) is 101 cm³/mol. The second-order valence-electron chi connectivity index (χ2n) is 6.17. The quantitative estimate of drug-likeness (QED) is 0.513. The number of carbonyl (C=O) groups is 1. The van der Waals surface area contributed by atoms with Crippen LogP contribution in [0.25, 0.3) is 0 Å². The second-order valence-corrected chi connectivity index (χ2v) is 6.17. The summed E-state index contributed by atoms with van der Waals surface area (Å²) in [6, 6.07) is 9.43. The summed E-state index contributed by atoms with van der Waals surface area (Å²) >= 11 is 0. The fraction of sp³-hybridized carbons (Fsp3) is 0.381. The molecule has 6 heteroatoms. The lowest BCUT2D eigenvalue weighted by atomic mass is 9.95. The lowest BCUT2D eigenvalue weighted by Crippen LogP contribution is -2.30. The van der Waals surface area contributed by atoms with Gasteiger partial charge in [-0.25, -0.2) is 0 Å². The molecule has 0 atom stereocenters. The van der Waals surface area contributed by atoms with Gasteiger partial charge in [-0.2, -0.15) is 0 Å². The van der Waals surface area contributed by atoms with Crippen molar-refractivity contribution in [3.05, 3.63) is 53.1 Å². The first-order chi connectivity index (χ1) is 12.9. The molecule has 27 heavy (non-hydrogen) atoms. The van der Waals surface area contributed by atoms with Gasteiger partial charge in [0.2, 0.25) is 0 Å². The van der Waals surface area contributed by atoms with Crippen molar-refractivity contribution in [2.75, 3.05) is 21.3 Å². The zero-order valence-corrected chi connectivity index (χ0v) is 16.1. The van der Waals surface area contributed by atoms with E-state index in [4.69, 9.17) is 14.2 Å². The summed E-state index contributed by atoms with van der Waals surface area (Å²) in [5.41, 5.74) is 1.79. The first kappa shape index (κ1) is 20.7. The Labute approximate surface area is 159 Å². The van der Waals surface area contributed by atoms with Crippen LogP contribution in [0.15, 0.2) is 36.4 Å². The Hall–Kier alpha value is -2.57. The molecule has 0 fully saturated rings. The van der Waals surface area contributed by atoms with Crippen LogP contribution in [0, 0.1) is 0 Å². The fourth-order valence-electron chi connectivity index (χ4n) is 3.13. The number of methoxy groups -OCH3 is 3. The number of phenols is 2. The second kappa shape index (κ2) is 8.88. The highest BCUT2D eigenvalue weighted by Crippen LogP contribution is 2.39. The molecule has 0 bridgehead atoms. The maximum absolute atomic E-state index is 12.4. The summed E-state index contributed by atoms with van der Waals surface area (Å²) in [5, 5.41) is 19.8. The molecule has 0 saturated carbocycles. The highest BCUT2D eigenvalue weighted by atomic mass is 16.7. The summed E-state index contributed by atoms with van der Waals surface area (Å²) in [6.07, 6.45) is 1.17. The lowest BCUT2D eigenvalue weighted by Gasteiger charge is -2.31. The molecular formula is C21H26O6. The van der Waals surface area contributed by atoms with Crippen molar-refractivity contribution in [1.29, 1.82) is 0 Å². The molecule has 0 saturated heterocycles. The Morgan fingerprint density at radius 2 is 1.67 bits per heavy atom. The molecule has 6 nitrogen and oxygen atoms in total. The van der Waals surface area contributed by atoms with Gasteiger partial charge >= 0.3 is 0 Å². The van der Waals surface area contributed by atoms with Crippen LogP contribution in [0.4, 0.5) is 0 Å². The van der Waals surface area contributed by atoms with Gasteiger partial charge in [-0.3, -0.25) is 4.79 Å². The van der Waals surface area contributed by atoms with Crippen molar-refractivity contribution in [3.8, 4) is 17.2 Å². The van der Waals surface area contributed by atoms with E-state index in [1.165, 1.54) is 39.5 Å². The van der Waals surface area contributed by atoms with Gasteiger partial charge in [0, 0.05) is 38.7 Å². The molecule has 0 radical (unpaired) electrons. The standard InChI is InChI=1S/C21H26O6/c1-5-21(26-3,27-4)17-12-15(20(25-2)13-19(17)24)8-11-18(23)14-6-9-16(22)10-7-14/h6-7,9-10,12-13,22,24H,5,8,11H2,1-4H3. The van der Waals surface area contributed by atoms with Gasteiger partial charge < -0.3 is 24.4 Å². The lowest BCUT2D eigenvalue weighted by molar-refractivity contribution is -0.218. The molecule has 2 rings (SSSR count).